The van der Waals surface area contributed by atoms with Crippen molar-refractivity contribution in [3.63, 3.8) is 0 Å². The van der Waals surface area contributed by atoms with Crippen molar-refractivity contribution in [2.75, 3.05) is 13.2 Å². The molecule has 2 aromatic rings. The highest BCUT2D eigenvalue weighted by Crippen LogP contribution is 2.16. The third kappa shape index (κ3) is 4.47. The number of rotatable bonds is 7. The van der Waals surface area contributed by atoms with Gasteiger partial charge in [0.2, 0.25) is 5.78 Å². The maximum absolute atomic E-state index is 11.8. The zero-order valence-electron chi connectivity index (χ0n) is 11.6. The van der Waals surface area contributed by atoms with Gasteiger partial charge in [-0.15, -0.1) is 22.7 Å². The second-order valence-corrected chi connectivity index (χ2v) is 8.48. The van der Waals surface area contributed by atoms with Gasteiger partial charge in [-0.05, 0) is 30.5 Å². The van der Waals surface area contributed by atoms with Crippen molar-refractivity contribution in [3.05, 3.63) is 39.4 Å². The van der Waals surface area contributed by atoms with Crippen LogP contribution in [0.5, 0.6) is 0 Å². The van der Waals surface area contributed by atoms with Gasteiger partial charge in [0.05, 0.1) is 4.88 Å². The Labute approximate surface area is 135 Å². The van der Waals surface area contributed by atoms with Gasteiger partial charge >= 0.3 is 5.97 Å². The van der Waals surface area contributed by atoms with Crippen molar-refractivity contribution in [1.82, 2.24) is 4.72 Å². The smallest absolute Gasteiger partial charge is 0.321 e. The summed E-state index contributed by atoms with van der Waals surface area (Å²) in [6.45, 7) is 0.948. The Morgan fingerprint density at radius 3 is 2.64 bits per heavy atom. The lowest BCUT2D eigenvalue weighted by atomic mass is 10.3. The van der Waals surface area contributed by atoms with Crippen LogP contribution in [0.3, 0.4) is 0 Å². The number of Topliss-reactive ketones (excluding diaryl/α,β-unsaturated/α-hetero) is 1. The van der Waals surface area contributed by atoms with E-state index in [4.69, 9.17) is 4.74 Å². The van der Waals surface area contributed by atoms with Gasteiger partial charge in [0.1, 0.15) is 10.8 Å². The highest BCUT2D eigenvalue weighted by molar-refractivity contribution is 7.91. The molecule has 0 fully saturated rings. The van der Waals surface area contributed by atoms with Crippen molar-refractivity contribution >= 4 is 44.4 Å². The summed E-state index contributed by atoms with van der Waals surface area (Å²) in [5.74, 6) is -1.12. The molecule has 0 saturated carbocycles. The van der Waals surface area contributed by atoms with Crippen LogP contribution in [0.25, 0.3) is 0 Å². The van der Waals surface area contributed by atoms with Gasteiger partial charge in [0, 0.05) is 4.88 Å². The number of thiophene rings is 2. The van der Waals surface area contributed by atoms with Crippen LogP contribution in [-0.2, 0) is 19.6 Å². The number of ketones is 1. The molecule has 6 nitrogen and oxygen atoms in total. The summed E-state index contributed by atoms with van der Waals surface area (Å²) in [4.78, 5) is 24.7. The van der Waals surface area contributed by atoms with Crippen LogP contribution in [0.4, 0.5) is 0 Å². The molecular weight excluding hydrogens is 346 g/mol. The van der Waals surface area contributed by atoms with Crippen LogP contribution in [0.1, 0.15) is 14.5 Å². The van der Waals surface area contributed by atoms with E-state index in [1.54, 1.807) is 23.6 Å². The first-order valence-corrected chi connectivity index (χ1v) is 9.35. The number of nitrogens with one attached hydrogen (secondary N) is 1. The van der Waals surface area contributed by atoms with Crippen molar-refractivity contribution in [3.8, 4) is 0 Å². The number of carbonyl (C=O) groups is 2. The molecule has 2 aromatic heterocycles. The van der Waals surface area contributed by atoms with E-state index in [2.05, 4.69) is 4.72 Å². The third-order valence-corrected chi connectivity index (χ3v) is 6.39. The van der Waals surface area contributed by atoms with Crippen LogP contribution >= 0.6 is 22.7 Å². The first-order valence-electron chi connectivity index (χ1n) is 6.17. The molecule has 0 saturated heterocycles. The SMILES string of the molecule is Cc1ccc(C(=O)COC(=O)CNS(=O)(=O)c2cccs2)s1. The highest BCUT2D eigenvalue weighted by Gasteiger charge is 2.18. The summed E-state index contributed by atoms with van der Waals surface area (Å²) in [5, 5.41) is 1.62. The minimum Gasteiger partial charge on any atom is -0.456 e. The molecule has 0 spiro atoms. The molecule has 2 heterocycles. The molecule has 0 atom stereocenters. The molecular formula is C13H13NO5S3. The normalized spacial score (nSPS) is 11.3. The largest absolute Gasteiger partial charge is 0.456 e. The molecule has 0 unspecified atom stereocenters. The molecule has 0 aliphatic rings. The number of esters is 1. The van der Waals surface area contributed by atoms with Gasteiger partial charge < -0.3 is 4.74 Å². The zero-order chi connectivity index (χ0) is 16.2. The molecule has 0 radical (unpaired) electrons. The Morgan fingerprint density at radius 1 is 1.27 bits per heavy atom. The number of carbonyl (C=O) groups excluding carboxylic acids is 2. The standard InChI is InChI=1S/C13H13NO5S3/c1-9-4-5-11(21-9)10(15)8-19-12(16)7-14-22(17,18)13-3-2-6-20-13/h2-6,14H,7-8H2,1H3. The summed E-state index contributed by atoms with van der Waals surface area (Å²) in [6, 6.07) is 6.49. The average molecular weight is 359 g/mol. The van der Waals surface area contributed by atoms with Crippen molar-refractivity contribution < 1.29 is 22.7 Å². The van der Waals surface area contributed by atoms with Gasteiger partial charge in [-0.25, -0.2) is 8.42 Å². The van der Waals surface area contributed by atoms with E-state index in [1.807, 2.05) is 6.92 Å². The summed E-state index contributed by atoms with van der Waals surface area (Å²) in [5.41, 5.74) is 0. The van der Waals surface area contributed by atoms with E-state index >= 15 is 0 Å². The van der Waals surface area contributed by atoms with Crippen LogP contribution < -0.4 is 4.72 Å². The molecule has 2 rings (SSSR count). The maximum atomic E-state index is 11.8. The molecule has 0 aromatic carbocycles. The number of sulfonamides is 1. The van der Waals surface area contributed by atoms with Crippen LogP contribution in [-0.4, -0.2) is 33.3 Å². The van der Waals surface area contributed by atoms with Crippen LogP contribution in [0.15, 0.2) is 33.9 Å². The first kappa shape index (κ1) is 16.8. The van der Waals surface area contributed by atoms with Gasteiger partial charge in [-0.2, -0.15) is 4.72 Å². The van der Waals surface area contributed by atoms with E-state index in [-0.39, 0.29) is 9.99 Å². The van der Waals surface area contributed by atoms with E-state index in [9.17, 15) is 18.0 Å². The van der Waals surface area contributed by atoms with E-state index < -0.39 is 29.1 Å². The molecule has 0 aliphatic carbocycles. The van der Waals surface area contributed by atoms with Gasteiger partial charge in [-0.1, -0.05) is 6.07 Å². The van der Waals surface area contributed by atoms with Crippen molar-refractivity contribution in [2.45, 2.75) is 11.1 Å². The maximum Gasteiger partial charge on any atom is 0.321 e. The monoisotopic (exact) mass is 359 g/mol. The summed E-state index contributed by atoms with van der Waals surface area (Å²) in [6.07, 6.45) is 0. The van der Waals surface area contributed by atoms with Crippen LogP contribution in [0, 0.1) is 6.92 Å². The second-order valence-electron chi connectivity index (χ2n) is 4.25. The fourth-order valence-corrected chi connectivity index (χ4v) is 4.29. The number of aryl methyl sites for hydroxylation is 1. The lowest BCUT2D eigenvalue weighted by molar-refractivity contribution is -0.141. The summed E-state index contributed by atoms with van der Waals surface area (Å²) < 4.78 is 30.6. The zero-order valence-corrected chi connectivity index (χ0v) is 14.0. The Morgan fingerprint density at radius 2 is 2.05 bits per heavy atom. The molecule has 9 heteroatoms. The Kier molecular flexibility index (Phi) is 5.46. The average Bonchev–Trinajstić information content (AvgIpc) is 3.14. The molecule has 1 N–H and O–H groups in total. The fourth-order valence-electron chi connectivity index (χ4n) is 1.49. The molecule has 0 bridgehead atoms. The fraction of sp³-hybridized carbons (Fsp3) is 0.231. The molecule has 22 heavy (non-hydrogen) atoms. The minimum absolute atomic E-state index is 0.116. The highest BCUT2D eigenvalue weighted by atomic mass is 32.2. The summed E-state index contributed by atoms with van der Waals surface area (Å²) in [7, 11) is -3.71. The molecule has 0 amide bonds. The van der Waals surface area contributed by atoms with E-state index in [0.717, 1.165) is 16.2 Å². The van der Waals surface area contributed by atoms with Gasteiger partial charge in [0.25, 0.3) is 10.0 Å². The van der Waals surface area contributed by atoms with Crippen molar-refractivity contribution in [2.24, 2.45) is 0 Å². The second kappa shape index (κ2) is 7.14. The van der Waals surface area contributed by atoms with Crippen LogP contribution in [0.2, 0.25) is 0 Å². The Bertz CT molecular complexity index is 761. The molecule has 118 valence electrons. The Balaban J connectivity index is 1.80. The summed E-state index contributed by atoms with van der Waals surface area (Å²) >= 11 is 2.36. The van der Waals surface area contributed by atoms with E-state index in [0.29, 0.717) is 4.88 Å². The number of hydrogen-bond donors (Lipinski definition) is 1. The van der Waals surface area contributed by atoms with E-state index in [1.165, 1.54) is 17.4 Å². The van der Waals surface area contributed by atoms with Gasteiger partial charge in [-0.3, -0.25) is 9.59 Å². The lowest BCUT2D eigenvalue weighted by Gasteiger charge is -2.05. The molecule has 0 aliphatic heterocycles. The van der Waals surface area contributed by atoms with Crippen molar-refractivity contribution in [1.29, 1.82) is 0 Å². The number of hydrogen-bond acceptors (Lipinski definition) is 7. The predicted octanol–water partition coefficient (Wildman–Crippen LogP) is 1.82. The third-order valence-electron chi connectivity index (χ3n) is 2.55. The lowest BCUT2D eigenvalue weighted by Crippen LogP contribution is -2.31. The Hall–Kier alpha value is -1.55. The minimum atomic E-state index is -3.71. The number of ether oxygens (including phenoxy) is 1. The first-order chi connectivity index (χ1) is 10.4. The van der Waals surface area contributed by atoms with Gasteiger partial charge in [0.15, 0.2) is 6.61 Å². The predicted molar refractivity (Wildman–Crippen MR) is 83.9 cm³/mol. The quantitative estimate of drug-likeness (QED) is 0.602. The topological polar surface area (TPSA) is 89.5 Å².